The predicted molar refractivity (Wildman–Crippen MR) is 119 cm³/mol. The number of hydrogen-bond acceptors (Lipinski definition) is 7. The van der Waals surface area contributed by atoms with Crippen molar-refractivity contribution in [2.24, 2.45) is 5.73 Å². The standard InChI is InChI=1S/C20H29F3N3O5PS/c1-2-3-4-5-6-7-8-11-30-17-10-9-14(12-15(17)20(21,22)23)18-25-26-19(33-18)16(24)13-31-32(27,28)29/h9-10,12,16H,2-8,11,13,24H2,1H3,(H2,27,28,29)/t16-/m0/s1. The van der Waals surface area contributed by atoms with Gasteiger partial charge in [0.2, 0.25) is 0 Å². The van der Waals surface area contributed by atoms with E-state index in [4.69, 9.17) is 20.3 Å². The number of alkyl halides is 3. The Morgan fingerprint density at radius 2 is 1.79 bits per heavy atom. The molecule has 0 fully saturated rings. The topological polar surface area (TPSA) is 128 Å². The Bertz CT molecular complexity index is 923. The highest BCUT2D eigenvalue weighted by Crippen LogP contribution is 2.40. The fourth-order valence-electron chi connectivity index (χ4n) is 3.00. The van der Waals surface area contributed by atoms with Crippen LogP contribution in [0.1, 0.15) is 68.5 Å². The Morgan fingerprint density at radius 3 is 2.42 bits per heavy atom. The van der Waals surface area contributed by atoms with Gasteiger partial charge in [0.1, 0.15) is 15.8 Å². The van der Waals surface area contributed by atoms with E-state index in [0.717, 1.165) is 43.1 Å². The Morgan fingerprint density at radius 1 is 1.12 bits per heavy atom. The molecule has 0 unspecified atom stereocenters. The molecule has 0 radical (unpaired) electrons. The fourth-order valence-corrected chi connectivity index (χ4v) is 4.18. The fraction of sp³-hybridized carbons (Fsp3) is 0.600. The third-order valence-electron chi connectivity index (χ3n) is 4.72. The van der Waals surface area contributed by atoms with Crippen LogP contribution in [0.25, 0.3) is 10.6 Å². The molecule has 1 aromatic carbocycles. The molecule has 0 saturated heterocycles. The number of halogens is 3. The largest absolute Gasteiger partial charge is 0.493 e. The van der Waals surface area contributed by atoms with Gasteiger partial charge in [-0.15, -0.1) is 10.2 Å². The van der Waals surface area contributed by atoms with Crippen molar-refractivity contribution < 1.29 is 36.8 Å². The van der Waals surface area contributed by atoms with Crippen molar-refractivity contribution in [1.29, 1.82) is 0 Å². The number of hydrogen-bond donors (Lipinski definition) is 3. The van der Waals surface area contributed by atoms with Gasteiger partial charge in [0, 0.05) is 5.56 Å². The van der Waals surface area contributed by atoms with Crippen LogP contribution in [0.5, 0.6) is 5.75 Å². The average Bonchev–Trinajstić information content (AvgIpc) is 3.23. The second-order valence-corrected chi connectivity index (χ2v) is 9.77. The molecule has 0 bridgehead atoms. The van der Waals surface area contributed by atoms with Crippen LogP contribution in [0.2, 0.25) is 0 Å². The molecule has 8 nitrogen and oxygen atoms in total. The van der Waals surface area contributed by atoms with Crippen LogP contribution in [0.3, 0.4) is 0 Å². The van der Waals surface area contributed by atoms with Crippen LogP contribution in [-0.4, -0.2) is 33.2 Å². The van der Waals surface area contributed by atoms with E-state index in [1.807, 2.05) is 0 Å². The lowest BCUT2D eigenvalue weighted by atomic mass is 10.1. The second kappa shape index (κ2) is 12.8. The van der Waals surface area contributed by atoms with E-state index in [-0.39, 0.29) is 27.9 Å². The van der Waals surface area contributed by atoms with Crippen LogP contribution in [0.15, 0.2) is 18.2 Å². The van der Waals surface area contributed by atoms with Gasteiger partial charge in [0.15, 0.2) is 0 Å². The van der Waals surface area contributed by atoms with Crippen molar-refractivity contribution in [2.75, 3.05) is 13.2 Å². The summed E-state index contributed by atoms with van der Waals surface area (Å²) < 4.78 is 61.4. The van der Waals surface area contributed by atoms with Crippen LogP contribution in [0.4, 0.5) is 13.2 Å². The molecule has 33 heavy (non-hydrogen) atoms. The van der Waals surface area contributed by atoms with E-state index in [9.17, 15) is 17.7 Å². The number of rotatable bonds is 14. The first-order valence-corrected chi connectivity index (χ1v) is 13.0. The maximum atomic E-state index is 13.6. The lowest BCUT2D eigenvalue weighted by Gasteiger charge is -2.15. The molecule has 0 aliphatic carbocycles. The van der Waals surface area contributed by atoms with Crippen molar-refractivity contribution in [1.82, 2.24) is 10.2 Å². The number of ether oxygens (including phenoxy) is 1. The lowest BCUT2D eigenvalue weighted by molar-refractivity contribution is -0.138. The number of phosphoric ester groups is 1. The normalized spacial score (nSPS) is 13.3. The van der Waals surface area contributed by atoms with Gasteiger partial charge >= 0.3 is 14.0 Å². The maximum Gasteiger partial charge on any atom is 0.469 e. The summed E-state index contributed by atoms with van der Waals surface area (Å²) >= 11 is 0.914. The van der Waals surface area contributed by atoms with Crippen molar-refractivity contribution in [3.8, 4) is 16.3 Å². The zero-order valence-corrected chi connectivity index (χ0v) is 20.0. The Kier molecular flexibility index (Phi) is 10.7. The molecule has 0 aliphatic heterocycles. The minimum Gasteiger partial charge on any atom is -0.493 e. The number of nitrogens with two attached hydrogens (primary N) is 1. The third-order valence-corrected chi connectivity index (χ3v) is 6.31. The van der Waals surface area contributed by atoms with Crippen molar-refractivity contribution in [3.05, 3.63) is 28.8 Å². The smallest absolute Gasteiger partial charge is 0.469 e. The van der Waals surface area contributed by atoms with Crippen LogP contribution in [-0.2, 0) is 15.3 Å². The van der Waals surface area contributed by atoms with Crippen LogP contribution < -0.4 is 10.5 Å². The van der Waals surface area contributed by atoms with E-state index in [0.29, 0.717) is 6.42 Å². The first-order chi connectivity index (χ1) is 15.5. The SMILES string of the molecule is CCCCCCCCCOc1ccc(-c2nnc([C@@H](N)COP(=O)(O)O)s2)cc1C(F)(F)F. The lowest BCUT2D eigenvalue weighted by Crippen LogP contribution is -2.16. The molecule has 4 N–H and O–H groups in total. The molecule has 13 heteroatoms. The zero-order valence-electron chi connectivity index (χ0n) is 18.3. The molecule has 1 aromatic heterocycles. The highest BCUT2D eigenvalue weighted by molar-refractivity contribution is 7.46. The summed E-state index contributed by atoms with van der Waals surface area (Å²) in [6, 6.07) is 2.67. The zero-order chi connectivity index (χ0) is 24.5. The molecular weight excluding hydrogens is 482 g/mol. The molecule has 2 rings (SSSR count). The molecule has 0 saturated carbocycles. The predicted octanol–water partition coefficient (Wildman–Crippen LogP) is 5.46. The summed E-state index contributed by atoms with van der Waals surface area (Å²) in [4.78, 5) is 17.5. The maximum absolute atomic E-state index is 13.6. The third kappa shape index (κ3) is 9.68. The molecule has 0 spiro atoms. The number of unbranched alkanes of at least 4 members (excludes halogenated alkanes) is 6. The first kappa shape index (κ1) is 27.7. The van der Waals surface area contributed by atoms with E-state index < -0.39 is 32.2 Å². The van der Waals surface area contributed by atoms with Crippen LogP contribution >= 0.6 is 19.2 Å². The van der Waals surface area contributed by atoms with Gasteiger partial charge in [-0.1, -0.05) is 56.8 Å². The van der Waals surface area contributed by atoms with Gasteiger partial charge in [0.05, 0.1) is 24.8 Å². The number of nitrogens with zero attached hydrogens (tertiary/aromatic N) is 2. The molecule has 0 aliphatic rings. The summed E-state index contributed by atoms with van der Waals surface area (Å²) in [6.45, 7) is 1.83. The monoisotopic (exact) mass is 511 g/mol. The summed E-state index contributed by atoms with van der Waals surface area (Å²) in [7, 11) is -4.71. The number of aromatic nitrogens is 2. The molecule has 2 aromatic rings. The number of benzene rings is 1. The summed E-state index contributed by atoms with van der Waals surface area (Å²) in [5, 5.41) is 8.01. The molecule has 186 valence electrons. The van der Waals surface area contributed by atoms with Crippen molar-refractivity contribution in [3.63, 3.8) is 0 Å². The van der Waals surface area contributed by atoms with E-state index in [2.05, 4.69) is 21.6 Å². The summed E-state index contributed by atoms with van der Waals surface area (Å²) in [5.74, 6) is -0.242. The van der Waals surface area contributed by atoms with E-state index >= 15 is 0 Å². The first-order valence-electron chi connectivity index (χ1n) is 10.6. The number of phosphoric acid groups is 1. The van der Waals surface area contributed by atoms with Gasteiger partial charge in [-0.25, -0.2) is 4.57 Å². The quantitative estimate of drug-likeness (QED) is 0.225. The molecule has 0 amide bonds. The molecular formula is C20H29F3N3O5PS. The average molecular weight is 512 g/mol. The Labute approximate surface area is 194 Å². The van der Waals surface area contributed by atoms with Gasteiger partial charge in [-0.05, 0) is 24.6 Å². The Hall–Kier alpha value is -1.56. The highest BCUT2D eigenvalue weighted by Gasteiger charge is 2.35. The van der Waals surface area contributed by atoms with Crippen LogP contribution in [0, 0.1) is 0 Å². The van der Waals surface area contributed by atoms with Gasteiger partial charge in [0.25, 0.3) is 0 Å². The van der Waals surface area contributed by atoms with Gasteiger partial charge < -0.3 is 20.3 Å². The van der Waals surface area contributed by atoms with Crippen molar-refractivity contribution in [2.45, 2.75) is 64.1 Å². The van der Waals surface area contributed by atoms with Gasteiger partial charge in [-0.2, -0.15) is 13.2 Å². The summed E-state index contributed by atoms with van der Waals surface area (Å²) in [6.07, 6.45) is 2.65. The second-order valence-electron chi connectivity index (χ2n) is 7.52. The summed E-state index contributed by atoms with van der Waals surface area (Å²) in [5.41, 5.74) is 5.04. The highest BCUT2D eigenvalue weighted by atomic mass is 32.1. The minimum absolute atomic E-state index is 0.172. The molecule has 1 atom stereocenters. The Balaban J connectivity index is 2.03. The molecule has 1 heterocycles. The van der Waals surface area contributed by atoms with E-state index in [1.165, 1.54) is 25.0 Å². The van der Waals surface area contributed by atoms with E-state index in [1.54, 1.807) is 0 Å². The van der Waals surface area contributed by atoms with Gasteiger partial charge in [-0.3, -0.25) is 4.52 Å². The minimum atomic E-state index is -4.71. The van der Waals surface area contributed by atoms with Crippen molar-refractivity contribution >= 4 is 19.2 Å².